The Bertz CT molecular complexity index is 6860. The summed E-state index contributed by atoms with van der Waals surface area (Å²) >= 11 is 1.90. The van der Waals surface area contributed by atoms with Crippen molar-refractivity contribution in [2.45, 2.75) is 78.6 Å². The molecule has 0 spiro atoms. The quantitative estimate of drug-likeness (QED) is 0.127. The van der Waals surface area contributed by atoms with Gasteiger partial charge in [-0.05, 0) is 191 Å². The maximum Gasteiger partial charge on any atom is 0.252 e. The molecule has 2 aliphatic rings. The van der Waals surface area contributed by atoms with Crippen molar-refractivity contribution in [3.05, 3.63) is 369 Å². The van der Waals surface area contributed by atoms with Gasteiger partial charge >= 0.3 is 0 Å². The minimum Gasteiger partial charge on any atom is -0.311 e. The first kappa shape index (κ1) is 69.0. The lowest BCUT2D eigenvalue weighted by Crippen LogP contribution is -2.61. The van der Waals surface area contributed by atoms with Crippen molar-refractivity contribution in [1.82, 2.24) is 9.13 Å². The predicted octanol–water partition coefficient (Wildman–Crippen LogP) is 28.2. The molecule has 546 valence electrons. The van der Waals surface area contributed by atoms with Crippen LogP contribution in [-0.2, 0) is 16.2 Å². The maximum absolute atomic E-state index is 2.72. The highest BCUT2D eigenvalue weighted by Gasteiger charge is 2.46. The minimum atomic E-state index is -0.322. The summed E-state index contributed by atoms with van der Waals surface area (Å²) in [6.45, 7) is 20.9. The van der Waals surface area contributed by atoms with Crippen LogP contribution in [0.2, 0.25) is 0 Å². The van der Waals surface area contributed by atoms with Crippen LogP contribution in [0.1, 0.15) is 79.0 Å². The second-order valence-corrected chi connectivity index (χ2v) is 35.4. The number of benzene rings is 16. The van der Waals surface area contributed by atoms with Gasteiger partial charge in [-0.3, -0.25) is 0 Å². The highest BCUT2D eigenvalue weighted by Crippen LogP contribution is 2.54. The Morgan fingerprint density at radius 2 is 0.737 bits per heavy atom. The second kappa shape index (κ2) is 26.3. The van der Waals surface area contributed by atoms with Gasteiger partial charge in [-0.2, -0.15) is 0 Å². The molecular formula is C108H85BN4S. The Balaban J connectivity index is 0.922. The van der Waals surface area contributed by atoms with Gasteiger partial charge in [0.25, 0.3) is 6.71 Å². The van der Waals surface area contributed by atoms with Crippen molar-refractivity contribution >= 4 is 132 Å². The molecule has 16 aromatic carbocycles. The van der Waals surface area contributed by atoms with Crippen LogP contribution >= 0.6 is 11.3 Å². The third kappa shape index (κ3) is 11.2. The zero-order valence-corrected chi connectivity index (χ0v) is 66.6. The van der Waals surface area contributed by atoms with E-state index in [1.807, 2.05) is 11.3 Å². The van der Waals surface area contributed by atoms with Crippen molar-refractivity contribution in [3.8, 4) is 78.1 Å². The number of anilines is 6. The fraction of sp³-hybridized carbons (Fsp3) is 0.111. The lowest BCUT2D eigenvalue weighted by atomic mass is 9.33. The summed E-state index contributed by atoms with van der Waals surface area (Å²) in [6, 6.07) is 134. The average Bonchev–Trinajstić information content (AvgIpc) is 1.16. The number of hydrogen-bond donors (Lipinski definition) is 0. The molecule has 0 bridgehead atoms. The molecule has 5 heterocycles. The van der Waals surface area contributed by atoms with E-state index >= 15 is 0 Å². The molecule has 0 radical (unpaired) electrons. The van der Waals surface area contributed by atoms with Gasteiger partial charge in [-0.1, -0.05) is 317 Å². The van der Waals surface area contributed by atoms with Crippen LogP contribution in [0.25, 0.3) is 142 Å². The largest absolute Gasteiger partial charge is 0.311 e. The molecule has 0 saturated carbocycles. The van der Waals surface area contributed by atoms with E-state index in [0.717, 1.165) is 107 Å². The van der Waals surface area contributed by atoms with Gasteiger partial charge in [-0.25, -0.2) is 0 Å². The van der Waals surface area contributed by atoms with Gasteiger partial charge in [0.15, 0.2) is 0 Å². The number of aromatic nitrogens is 2. The molecule has 114 heavy (non-hydrogen) atoms. The molecule has 6 heteroatoms. The molecule has 0 N–H and O–H groups in total. The second-order valence-electron chi connectivity index (χ2n) is 34.4. The van der Waals surface area contributed by atoms with E-state index in [1.165, 1.54) is 103 Å². The Labute approximate surface area is 671 Å². The topological polar surface area (TPSA) is 16.3 Å². The third-order valence-electron chi connectivity index (χ3n) is 24.3. The van der Waals surface area contributed by atoms with Gasteiger partial charge in [0.1, 0.15) is 0 Å². The number of thiophene rings is 1. The summed E-state index contributed by atoms with van der Waals surface area (Å²) < 4.78 is 7.68. The minimum absolute atomic E-state index is 0.0696. The summed E-state index contributed by atoms with van der Waals surface area (Å²) in [5.74, 6) is 0. The summed E-state index contributed by atoms with van der Waals surface area (Å²) in [7, 11) is 0. The highest BCUT2D eigenvalue weighted by molar-refractivity contribution is 7.26. The smallest absolute Gasteiger partial charge is 0.252 e. The molecule has 19 aromatic rings. The molecule has 0 fully saturated rings. The lowest BCUT2D eigenvalue weighted by molar-refractivity contribution is 0.590. The highest BCUT2D eigenvalue weighted by atomic mass is 32.1. The molecule has 0 aliphatic carbocycles. The van der Waals surface area contributed by atoms with E-state index in [0.29, 0.717) is 0 Å². The number of rotatable bonds is 10. The van der Waals surface area contributed by atoms with E-state index in [4.69, 9.17) is 0 Å². The summed E-state index contributed by atoms with van der Waals surface area (Å²) in [4.78, 5) is 5.39. The van der Waals surface area contributed by atoms with Crippen LogP contribution in [0.15, 0.2) is 352 Å². The average molecular weight is 1480 g/mol. The summed E-state index contributed by atoms with van der Waals surface area (Å²) in [6.07, 6.45) is 0. The van der Waals surface area contributed by atoms with Crippen molar-refractivity contribution in [1.29, 1.82) is 0 Å². The number of para-hydroxylation sites is 3. The van der Waals surface area contributed by atoms with E-state index in [9.17, 15) is 0 Å². The van der Waals surface area contributed by atoms with Crippen LogP contribution in [0.3, 0.4) is 0 Å². The van der Waals surface area contributed by atoms with Crippen LogP contribution in [0, 0.1) is 0 Å². The van der Waals surface area contributed by atoms with Crippen LogP contribution in [-0.4, -0.2) is 15.8 Å². The monoisotopic (exact) mass is 1480 g/mol. The molecule has 3 aromatic heterocycles. The van der Waals surface area contributed by atoms with Crippen molar-refractivity contribution in [2.24, 2.45) is 0 Å². The Kier molecular flexibility index (Phi) is 15.9. The predicted molar refractivity (Wildman–Crippen MR) is 491 cm³/mol. The molecule has 4 nitrogen and oxygen atoms in total. The first-order valence-corrected chi connectivity index (χ1v) is 41.0. The standard InChI is InChI=1S/C108H85BN4S/c1-106(2,3)75-52-57-94-88(63-75)89-64-76(107(4,5)6)53-58-95(89)110(94)78-54-55-90-98(67-78)113(104-80(70-35-18-12-19-36-70)42-28-43-81(104)71-37-20-13-21-38-71)100-66-77(108(7,8)9)65-99-103(100)109(90)91-62-72(51-56-96(91)111(99)79-60-73(68-31-14-10-15-32-68)59-74(61-79)69-33-16-11-17-34-69)102-85(87-46-29-45-86-84-41-24-27-50-101(84)114-105(86)87)44-30-49-97(102)112-92-47-25-22-39-82(92)83-40-23-26-48-93(83)112/h10-67H,1-9H3. The van der Waals surface area contributed by atoms with Crippen LogP contribution < -0.4 is 26.2 Å². The number of nitrogens with zero attached hydrogens (tertiary/aromatic N) is 4. The van der Waals surface area contributed by atoms with Gasteiger partial charge < -0.3 is 18.9 Å². The van der Waals surface area contributed by atoms with E-state index in [-0.39, 0.29) is 23.0 Å². The molecule has 0 unspecified atom stereocenters. The Morgan fingerprint density at radius 1 is 0.254 bits per heavy atom. The van der Waals surface area contributed by atoms with E-state index < -0.39 is 0 Å². The summed E-state index contributed by atoms with van der Waals surface area (Å²) in [5.41, 5.74) is 34.6. The zero-order chi connectivity index (χ0) is 77.0. The summed E-state index contributed by atoms with van der Waals surface area (Å²) in [5, 5.41) is 7.51. The van der Waals surface area contributed by atoms with Crippen molar-refractivity contribution < 1.29 is 0 Å². The molecular weight excluding hydrogens is 1400 g/mol. The van der Waals surface area contributed by atoms with Gasteiger partial charge in [0.05, 0.1) is 33.4 Å². The molecule has 2 aliphatic heterocycles. The van der Waals surface area contributed by atoms with E-state index in [1.54, 1.807) is 0 Å². The third-order valence-corrected chi connectivity index (χ3v) is 25.6. The molecule has 0 atom stereocenters. The number of fused-ring (bicyclic) bond motifs is 13. The van der Waals surface area contributed by atoms with E-state index in [2.05, 4.69) is 433 Å². The SMILES string of the molecule is CC(C)(C)c1cc2c3c(c1)N(c1c(-c4ccccc4)cccc1-c1ccccc1)c1cc(-n4c5ccc(C(C)(C)C)cc5c5cc(C(C)(C)C)ccc54)ccc1B3c1cc(-c3c(-c4cccc5c4sc4ccccc45)cccc3-n3c4ccccc4c4ccccc43)ccc1N2c1cc(-c2ccccc2)cc(-c2ccccc2)c1. The Morgan fingerprint density at radius 3 is 1.32 bits per heavy atom. The van der Waals surface area contributed by atoms with Gasteiger partial charge in [0.2, 0.25) is 0 Å². The zero-order valence-electron chi connectivity index (χ0n) is 65.8. The molecule has 0 saturated heterocycles. The fourth-order valence-corrected chi connectivity index (χ4v) is 19.9. The van der Waals surface area contributed by atoms with Crippen molar-refractivity contribution in [3.63, 3.8) is 0 Å². The molecule has 21 rings (SSSR count). The first-order valence-electron chi connectivity index (χ1n) is 40.2. The normalized spacial score (nSPS) is 12.9. The first-order chi connectivity index (χ1) is 55.5. The maximum atomic E-state index is 2.72. The molecule has 0 amide bonds. The van der Waals surface area contributed by atoms with Gasteiger partial charge in [-0.15, -0.1) is 11.3 Å². The van der Waals surface area contributed by atoms with Gasteiger partial charge in [0, 0.05) is 98.1 Å². The van der Waals surface area contributed by atoms with Crippen LogP contribution in [0.4, 0.5) is 34.1 Å². The van der Waals surface area contributed by atoms with Crippen molar-refractivity contribution in [2.75, 3.05) is 9.80 Å². The van der Waals surface area contributed by atoms with Crippen LogP contribution in [0.5, 0.6) is 0 Å². The lowest BCUT2D eigenvalue weighted by Gasteiger charge is -2.46. The Hall–Kier alpha value is -13.0. The fourth-order valence-electron chi connectivity index (χ4n) is 18.7. The number of hydrogen-bond acceptors (Lipinski definition) is 3.